The van der Waals surface area contributed by atoms with Gasteiger partial charge in [-0.3, -0.25) is 0 Å². The number of nitrogens with one attached hydrogen (secondary N) is 1. The van der Waals surface area contributed by atoms with Gasteiger partial charge < -0.3 is 15.2 Å². The van der Waals surface area contributed by atoms with Crippen LogP contribution < -0.4 is 10.1 Å². The number of hydrogen-bond acceptors (Lipinski definition) is 5. The molecule has 0 spiro atoms. The number of para-hydroxylation sites is 1. The zero-order valence-electron chi connectivity index (χ0n) is 11.8. The van der Waals surface area contributed by atoms with Crippen LogP contribution in [0.4, 0.5) is 5.82 Å². The molecule has 1 aromatic carbocycles. The third kappa shape index (κ3) is 3.05. The summed E-state index contributed by atoms with van der Waals surface area (Å²) in [5, 5.41) is 12.1. The summed E-state index contributed by atoms with van der Waals surface area (Å²) in [7, 11) is 1.82. The molecule has 0 fully saturated rings. The first-order valence-electron chi connectivity index (χ1n) is 6.68. The second kappa shape index (κ2) is 6.86. The van der Waals surface area contributed by atoms with Crippen LogP contribution in [0, 0.1) is 0 Å². The topological polar surface area (TPSA) is 67.3 Å². The molecule has 1 aromatic heterocycles. The van der Waals surface area contributed by atoms with Crippen molar-refractivity contribution in [2.45, 2.75) is 19.8 Å². The van der Waals surface area contributed by atoms with Gasteiger partial charge in [-0.25, -0.2) is 9.97 Å². The summed E-state index contributed by atoms with van der Waals surface area (Å²) in [6.07, 6.45) is 2.81. The predicted molar refractivity (Wildman–Crippen MR) is 78.3 cm³/mol. The fourth-order valence-electron chi connectivity index (χ4n) is 2.05. The van der Waals surface area contributed by atoms with Gasteiger partial charge in [0.2, 0.25) is 5.88 Å². The highest BCUT2D eigenvalue weighted by Gasteiger charge is 2.12. The van der Waals surface area contributed by atoms with Crippen LogP contribution in [-0.4, -0.2) is 28.7 Å². The summed E-state index contributed by atoms with van der Waals surface area (Å²) in [5.41, 5.74) is 1.90. The van der Waals surface area contributed by atoms with Gasteiger partial charge in [0, 0.05) is 13.7 Å². The van der Waals surface area contributed by atoms with Gasteiger partial charge in [-0.1, -0.05) is 25.1 Å². The van der Waals surface area contributed by atoms with Gasteiger partial charge in [0.1, 0.15) is 17.9 Å². The number of aromatic nitrogens is 2. The molecule has 2 aromatic rings. The monoisotopic (exact) mass is 273 g/mol. The van der Waals surface area contributed by atoms with Crippen LogP contribution in [0.5, 0.6) is 11.6 Å². The smallest absolute Gasteiger partial charge is 0.227 e. The van der Waals surface area contributed by atoms with Gasteiger partial charge in [0.05, 0.1) is 5.56 Å². The van der Waals surface area contributed by atoms with E-state index in [4.69, 9.17) is 9.84 Å². The lowest BCUT2D eigenvalue weighted by atomic mass is 10.1. The molecule has 0 aliphatic rings. The number of hydrogen-bond donors (Lipinski definition) is 2. The first kappa shape index (κ1) is 14.3. The molecule has 0 aliphatic carbocycles. The maximum absolute atomic E-state index is 9.10. The molecular formula is C15H19N3O2. The SMILES string of the molecule is CCc1c(NC)ncnc1Oc1ccccc1CCO. The number of nitrogens with zero attached hydrogens (tertiary/aromatic N) is 2. The van der Waals surface area contributed by atoms with Gasteiger partial charge in [-0.05, 0) is 24.5 Å². The van der Waals surface area contributed by atoms with Crippen LogP contribution in [0.3, 0.4) is 0 Å². The minimum absolute atomic E-state index is 0.0898. The average molecular weight is 273 g/mol. The molecule has 5 nitrogen and oxygen atoms in total. The Kier molecular flexibility index (Phi) is 4.90. The highest BCUT2D eigenvalue weighted by atomic mass is 16.5. The van der Waals surface area contributed by atoms with E-state index in [2.05, 4.69) is 15.3 Å². The molecule has 0 radical (unpaired) electrons. The van der Waals surface area contributed by atoms with Crippen LogP contribution in [0.15, 0.2) is 30.6 Å². The minimum Gasteiger partial charge on any atom is -0.438 e. The highest BCUT2D eigenvalue weighted by Crippen LogP contribution is 2.29. The summed E-state index contributed by atoms with van der Waals surface area (Å²) < 4.78 is 5.92. The van der Waals surface area contributed by atoms with Crippen molar-refractivity contribution >= 4 is 5.82 Å². The number of ether oxygens (including phenoxy) is 1. The van der Waals surface area contributed by atoms with Crippen LogP contribution in [0.2, 0.25) is 0 Å². The zero-order chi connectivity index (χ0) is 14.4. The molecule has 1 heterocycles. The van der Waals surface area contributed by atoms with Crippen molar-refractivity contribution in [1.82, 2.24) is 9.97 Å². The van der Waals surface area contributed by atoms with E-state index in [1.165, 1.54) is 6.33 Å². The lowest BCUT2D eigenvalue weighted by Gasteiger charge is -2.14. The van der Waals surface area contributed by atoms with Crippen LogP contribution in [0.25, 0.3) is 0 Å². The molecule has 0 atom stereocenters. The van der Waals surface area contributed by atoms with Crippen molar-refractivity contribution in [3.05, 3.63) is 41.7 Å². The van der Waals surface area contributed by atoms with E-state index in [1.54, 1.807) is 0 Å². The maximum atomic E-state index is 9.10. The molecule has 5 heteroatoms. The third-order valence-electron chi connectivity index (χ3n) is 3.06. The first-order chi connectivity index (χ1) is 9.80. The Hall–Kier alpha value is -2.14. The van der Waals surface area contributed by atoms with E-state index in [9.17, 15) is 0 Å². The second-order valence-corrected chi connectivity index (χ2v) is 4.29. The molecule has 0 saturated carbocycles. The summed E-state index contributed by atoms with van der Waals surface area (Å²) in [6, 6.07) is 7.66. The summed E-state index contributed by atoms with van der Waals surface area (Å²) in [5.74, 6) is 2.05. The first-order valence-corrected chi connectivity index (χ1v) is 6.68. The minimum atomic E-state index is 0.0898. The van der Waals surface area contributed by atoms with Crippen molar-refractivity contribution in [3.63, 3.8) is 0 Å². The molecule has 2 rings (SSSR count). The van der Waals surface area contributed by atoms with E-state index < -0.39 is 0 Å². The molecule has 20 heavy (non-hydrogen) atoms. The number of anilines is 1. The standard InChI is InChI=1S/C15H19N3O2/c1-3-12-14(16-2)17-10-18-15(12)20-13-7-5-4-6-11(13)8-9-19/h4-7,10,19H,3,8-9H2,1-2H3,(H,16,17,18). The fourth-order valence-corrected chi connectivity index (χ4v) is 2.05. The maximum Gasteiger partial charge on any atom is 0.227 e. The molecule has 0 aliphatic heterocycles. The fraction of sp³-hybridized carbons (Fsp3) is 0.333. The van der Waals surface area contributed by atoms with E-state index >= 15 is 0 Å². The Labute approximate surface area is 118 Å². The Bertz CT molecular complexity index is 573. The van der Waals surface area contributed by atoms with E-state index in [1.807, 2.05) is 38.2 Å². The normalized spacial score (nSPS) is 10.3. The predicted octanol–water partition coefficient (Wildman–Crippen LogP) is 2.41. The highest BCUT2D eigenvalue weighted by molar-refractivity contribution is 5.49. The van der Waals surface area contributed by atoms with E-state index in [0.29, 0.717) is 12.3 Å². The quantitative estimate of drug-likeness (QED) is 0.846. The lowest BCUT2D eigenvalue weighted by Crippen LogP contribution is -2.03. The Balaban J connectivity index is 2.35. The van der Waals surface area contributed by atoms with Gasteiger partial charge in [0.15, 0.2) is 0 Å². The molecule has 106 valence electrons. The van der Waals surface area contributed by atoms with Crippen LogP contribution in [0.1, 0.15) is 18.1 Å². The zero-order valence-corrected chi connectivity index (χ0v) is 11.8. The largest absolute Gasteiger partial charge is 0.438 e. The van der Waals surface area contributed by atoms with Crippen molar-refractivity contribution in [2.24, 2.45) is 0 Å². The molecular weight excluding hydrogens is 254 g/mol. The Morgan fingerprint density at radius 3 is 2.75 bits per heavy atom. The summed E-state index contributed by atoms with van der Waals surface area (Å²) in [6.45, 7) is 2.12. The van der Waals surface area contributed by atoms with Gasteiger partial charge in [-0.15, -0.1) is 0 Å². The van der Waals surface area contributed by atoms with Gasteiger partial charge in [0.25, 0.3) is 0 Å². The molecule has 0 amide bonds. The van der Waals surface area contributed by atoms with Gasteiger partial charge >= 0.3 is 0 Å². The van der Waals surface area contributed by atoms with Crippen molar-refractivity contribution in [3.8, 4) is 11.6 Å². The Morgan fingerprint density at radius 2 is 2.05 bits per heavy atom. The molecule has 0 saturated heterocycles. The van der Waals surface area contributed by atoms with Crippen molar-refractivity contribution < 1.29 is 9.84 Å². The summed E-state index contributed by atoms with van der Waals surface area (Å²) >= 11 is 0. The summed E-state index contributed by atoms with van der Waals surface area (Å²) in [4.78, 5) is 8.41. The number of aliphatic hydroxyl groups is 1. The number of benzene rings is 1. The average Bonchev–Trinajstić information content (AvgIpc) is 2.49. The third-order valence-corrected chi connectivity index (χ3v) is 3.06. The van der Waals surface area contributed by atoms with Crippen LogP contribution in [-0.2, 0) is 12.8 Å². The van der Waals surface area contributed by atoms with Crippen molar-refractivity contribution in [1.29, 1.82) is 0 Å². The number of rotatable bonds is 6. The lowest BCUT2D eigenvalue weighted by molar-refractivity contribution is 0.297. The van der Waals surface area contributed by atoms with E-state index in [0.717, 1.165) is 29.1 Å². The van der Waals surface area contributed by atoms with E-state index in [-0.39, 0.29) is 6.61 Å². The van der Waals surface area contributed by atoms with Gasteiger partial charge in [-0.2, -0.15) is 0 Å². The van der Waals surface area contributed by atoms with Crippen LogP contribution >= 0.6 is 0 Å². The molecule has 2 N–H and O–H groups in total. The molecule has 0 bridgehead atoms. The second-order valence-electron chi connectivity index (χ2n) is 4.29. The van der Waals surface area contributed by atoms with Crippen molar-refractivity contribution in [2.75, 3.05) is 19.0 Å². The number of aliphatic hydroxyl groups excluding tert-OH is 1. The Morgan fingerprint density at radius 1 is 1.25 bits per heavy atom. The molecule has 0 unspecified atom stereocenters.